The van der Waals surface area contributed by atoms with E-state index in [0.29, 0.717) is 29.4 Å². The largest absolute Gasteiger partial charge is 0.495 e. The molecule has 8 heteroatoms. The highest BCUT2D eigenvalue weighted by molar-refractivity contribution is 7.99. The first-order valence-corrected chi connectivity index (χ1v) is 12.6. The van der Waals surface area contributed by atoms with Gasteiger partial charge in [0.15, 0.2) is 0 Å². The van der Waals surface area contributed by atoms with Crippen molar-refractivity contribution >= 4 is 40.2 Å². The summed E-state index contributed by atoms with van der Waals surface area (Å²) in [6, 6.07) is 17.7. The molecule has 2 amide bonds. The van der Waals surface area contributed by atoms with E-state index in [1.807, 2.05) is 53.4 Å². The minimum absolute atomic E-state index is 0.0678. The average Bonchev–Trinajstić information content (AvgIpc) is 3.70. The Kier molecular flexibility index (Phi) is 6.58. The van der Waals surface area contributed by atoms with Crippen LogP contribution >= 0.6 is 11.8 Å². The average molecular weight is 477 g/mol. The van der Waals surface area contributed by atoms with Crippen molar-refractivity contribution in [2.75, 3.05) is 43.9 Å². The number of carbonyl (C=O) groups excluding carboxylic acids is 2. The number of pyridine rings is 1. The number of nitrogens with zero attached hydrogens (tertiary/aromatic N) is 3. The molecule has 7 nitrogen and oxygen atoms in total. The summed E-state index contributed by atoms with van der Waals surface area (Å²) in [6.45, 7) is 2.85. The van der Waals surface area contributed by atoms with Crippen molar-refractivity contribution < 1.29 is 14.3 Å². The standard InChI is InChI=1S/C26H28N4O3S/c1-33-23-9-5-4-8-22(23)29-12-14-30(15-13-29)25(31)17-34-24-16-20(26(32)27-18-10-11-18)19-6-2-3-7-21(19)28-24/h2-9,16,18H,10-15,17H2,1H3,(H,27,32). The van der Waals surface area contributed by atoms with Crippen LogP contribution in [0, 0.1) is 0 Å². The van der Waals surface area contributed by atoms with Gasteiger partial charge in [-0.3, -0.25) is 9.59 Å². The molecule has 1 saturated carbocycles. The van der Waals surface area contributed by atoms with E-state index in [2.05, 4.69) is 16.3 Å². The van der Waals surface area contributed by atoms with Crippen molar-refractivity contribution in [3.8, 4) is 5.75 Å². The number of amides is 2. The lowest BCUT2D eigenvalue weighted by molar-refractivity contribution is -0.128. The number of nitrogens with one attached hydrogen (secondary N) is 1. The molecule has 3 aromatic rings. The monoisotopic (exact) mass is 476 g/mol. The Balaban J connectivity index is 1.22. The SMILES string of the molecule is COc1ccccc1N1CCN(C(=O)CSc2cc(C(=O)NC3CC3)c3ccccc3n2)CC1. The fraction of sp³-hybridized carbons (Fsp3) is 0.346. The van der Waals surface area contributed by atoms with Gasteiger partial charge >= 0.3 is 0 Å². The van der Waals surface area contributed by atoms with E-state index in [0.717, 1.165) is 48.3 Å². The van der Waals surface area contributed by atoms with Gasteiger partial charge in [-0.1, -0.05) is 42.1 Å². The number of hydrogen-bond donors (Lipinski definition) is 1. The van der Waals surface area contributed by atoms with Crippen molar-refractivity contribution in [3.63, 3.8) is 0 Å². The minimum Gasteiger partial charge on any atom is -0.495 e. The molecule has 1 aliphatic carbocycles. The number of hydrogen-bond acceptors (Lipinski definition) is 6. The summed E-state index contributed by atoms with van der Waals surface area (Å²) >= 11 is 1.39. The molecule has 0 radical (unpaired) electrons. The summed E-state index contributed by atoms with van der Waals surface area (Å²) in [5.41, 5.74) is 2.45. The van der Waals surface area contributed by atoms with Crippen LogP contribution in [-0.4, -0.2) is 66.8 Å². The van der Waals surface area contributed by atoms with Gasteiger partial charge in [-0.2, -0.15) is 0 Å². The molecule has 0 atom stereocenters. The molecule has 1 aliphatic heterocycles. The number of ether oxygens (including phenoxy) is 1. The lowest BCUT2D eigenvalue weighted by atomic mass is 10.1. The second kappa shape index (κ2) is 9.93. The van der Waals surface area contributed by atoms with Crippen molar-refractivity contribution in [3.05, 3.63) is 60.2 Å². The summed E-state index contributed by atoms with van der Waals surface area (Å²) in [5.74, 6) is 1.16. The molecule has 0 unspecified atom stereocenters. The third-order valence-electron chi connectivity index (χ3n) is 6.25. The second-order valence-electron chi connectivity index (χ2n) is 8.60. The smallest absolute Gasteiger partial charge is 0.252 e. The fourth-order valence-electron chi connectivity index (χ4n) is 4.22. The van der Waals surface area contributed by atoms with Gasteiger partial charge in [0, 0.05) is 37.6 Å². The molecule has 1 aromatic heterocycles. The second-order valence-corrected chi connectivity index (χ2v) is 9.60. The van der Waals surface area contributed by atoms with Crippen LogP contribution in [0.1, 0.15) is 23.2 Å². The number of thioether (sulfide) groups is 1. The third kappa shape index (κ3) is 4.97. The maximum atomic E-state index is 12.9. The van der Waals surface area contributed by atoms with Gasteiger partial charge < -0.3 is 19.9 Å². The van der Waals surface area contributed by atoms with Gasteiger partial charge in [-0.05, 0) is 37.1 Å². The number of carbonyl (C=O) groups is 2. The van der Waals surface area contributed by atoms with Gasteiger partial charge in [-0.15, -0.1) is 0 Å². The van der Waals surface area contributed by atoms with Crippen LogP contribution < -0.4 is 15.0 Å². The lowest BCUT2D eigenvalue weighted by Gasteiger charge is -2.36. The first-order chi connectivity index (χ1) is 16.6. The Morgan fingerprint density at radius 1 is 1.06 bits per heavy atom. The van der Waals surface area contributed by atoms with Gasteiger partial charge in [0.1, 0.15) is 5.75 Å². The predicted molar refractivity (Wildman–Crippen MR) is 135 cm³/mol. The topological polar surface area (TPSA) is 74.8 Å². The molecule has 1 saturated heterocycles. The fourth-order valence-corrected chi connectivity index (χ4v) is 5.04. The third-order valence-corrected chi connectivity index (χ3v) is 7.15. The molecule has 176 valence electrons. The highest BCUT2D eigenvalue weighted by atomic mass is 32.2. The van der Waals surface area contributed by atoms with Gasteiger partial charge in [-0.25, -0.2) is 4.98 Å². The first kappa shape index (κ1) is 22.5. The lowest BCUT2D eigenvalue weighted by Crippen LogP contribution is -2.49. The van der Waals surface area contributed by atoms with Gasteiger partial charge in [0.05, 0.1) is 34.7 Å². The summed E-state index contributed by atoms with van der Waals surface area (Å²) in [4.78, 5) is 34.6. The van der Waals surface area contributed by atoms with Crippen LogP contribution in [0.2, 0.25) is 0 Å². The van der Waals surface area contributed by atoms with Gasteiger partial charge in [0.2, 0.25) is 5.91 Å². The van der Waals surface area contributed by atoms with Crippen molar-refractivity contribution in [1.29, 1.82) is 0 Å². The maximum absolute atomic E-state index is 12.9. The molecule has 2 heterocycles. The highest BCUT2D eigenvalue weighted by Gasteiger charge is 2.26. The number of para-hydroxylation sites is 3. The van der Waals surface area contributed by atoms with Crippen LogP contribution in [0.15, 0.2) is 59.6 Å². The molecule has 2 aromatic carbocycles. The summed E-state index contributed by atoms with van der Waals surface area (Å²) in [6.07, 6.45) is 2.07. The normalized spacial score (nSPS) is 15.9. The Morgan fingerprint density at radius 2 is 1.79 bits per heavy atom. The molecule has 1 N–H and O–H groups in total. The molecule has 5 rings (SSSR count). The summed E-state index contributed by atoms with van der Waals surface area (Å²) < 4.78 is 5.48. The number of fused-ring (bicyclic) bond motifs is 1. The van der Waals surface area contributed by atoms with Crippen molar-refractivity contribution in [2.24, 2.45) is 0 Å². The number of methoxy groups -OCH3 is 1. The van der Waals surface area contributed by atoms with E-state index in [4.69, 9.17) is 9.72 Å². The van der Waals surface area contributed by atoms with Gasteiger partial charge in [0.25, 0.3) is 5.91 Å². The predicted octanol–water partition coefficient (Wildman–Crippen LogP) is 3.58. The molecular weight excluding hydrogens is 448 g/mol. The number of anilines is 1. The van der Waals surface area contributed by atoms with Crippen molar-refractivity contribution in [1.82, 2.24) is 15.2 Å². The zero-order valence-electron chi connectivity index (χ0n) is 19.2. The number of aromatic nitrogens is 1. The van der Waals surface area contributed by atoms with Crippen LogP contribution in [0.4, 0.5) is 5.69 Å². The van der Waals surface area contributed by atoms with E-state index < -0.39 is 0 Å². The Hall–Kier alpha value is -3.26. The number of rotatable bonds is 7. The van der Waals surface area contributed by atoms with E-state index in [-0.39, 0.29) is 17.9 Å². The molecule has 0 bridgehead atoms. The van der Waals surface area contributed by atoms with E-state index in [9.17, 15) is 9.59 Å². The molecule has 34 heavy (non-hydrogen) atoms. The van der Waals surface area contributed by atoms with Crippen LogP contribution in [0.3, 0.4) is 0 Å². The summed E-state index contributed by atoms with van der Waals surface area (Å²) in [5, 5.41) is 4.60. The molecule has 2 fully saturated rings. The Labute approximate surface area is 203 Å². The highest BCUT2D eigenvalue weighted by Crippen LogP contribution is 2.29. The molecule has 2 aliphatic rings. The minimum atomic E-state index is -0.0678. The van der Waals surface area contributed by atoms with E-state index >= 15 is 0 Å². The number of piperazine rings is 1. The zero-order valence-corrected chi connectivity index (χ0v) is 20.0. The Bertz CT molecular complexity index is 1210. The summed E-state index contributed by atoms with van der Waals surface area (Å²) in [7, 11) is 1.68. The van der Waals surface area contributed by atoms with E-state index in [1.165, 1.54) is 11.8 Å². The number of benzene rings is 2. The quantitative estimate of drug-likeness (QED) is 0.526. The van der Waals surface area contributed by atoms with Crippen molar-refractivity contribution in [2.45, 2.75) is 23.9 Å². The molecule has 0 spiro atoms. The van der Waals surface area contributed by atoms with Crippen LogP contribution in [0.25, 0.3) is 10.9 Å². The zero-order chi connectivity index (χ0) is 23.5. The Morgan fingerprint density at radius 3 is 2.56 bits per heavy atom. The van der Waals surface area contributed by atoms with E-state index in [1.54, 1.807) is 7.11 Å². The maximum Gasteiger partial charge on any atom is 0.252 e. The van der Waals surface area contributed by atoms with Crippen LogP contribution in [-0.2, 0) is 4.79 Å². The van der Waals surface area contributed by atoms with Crippen LogP contribution in [0.5, 0.6) is 5.75 Å². The molecular formula is C26H28N4O3S. The first-order valence-electron chi connectivity index (χ1n) is 11.6.